The zero-order chi connectivity index (χ0) is 16.2. The molecule has 1 aromatic carbocycles. The van der Waals surface area contributed by atoms with Gasteiger partial charge in [-0.05, 0) is 19.4 Å². The van der Waals surface area contributed by atoms with Crippen molar-refractivity contribution in [2.45, 2.75) is 25.3 Å². The van der Waals surface area contributed by atoms with E-state index in [1.54, 1.807) is 18.3 Å². The molecule has 0 saturated carbocycles. The van der Waals surface area contributed by atoms with Crippen LogP contribution in [0.25, 0.3) is 11.3 Å². The standard InChI is InChI=1S/C16H19N3O4/c20-11-14-5-2-7-18(14)8-6-16-17-10-15(23-16)12-3-1-4-13(9-12)19(21)22/h1,3-4,9-10,14,20H,2,5-8,11H2/t14-/m1/s1. The summed E-state index contributed by atoms with van der Waals surface area (Å²) in [7, 11) is 0. The van der Waals surface area contributed by atoms with E-state index < -0.39 is 4.92 Å². The third-order valence-corrected chi connectivity index (χ3v) is 4.22. The first-order valence-corrected chi connectivity index (χ1v) is 7.72. The molecule has 3 rings (SSSR count). The van der Waals surface area contributed by atoms with Crippen molar-refractivity contribution < 1.29 is 14.4 Å². The van der Waals surface area contributed by atoms with E-state index in [1.807, 2.05) is 0 Å². The SMILES string of the molecule is O=[N+]([O-])c1cccc(-c2cnc(CCN3CCC[C@@H]3CO)o2)c1. The number of aromatic nitrogens is 1. The van der Waals surface area contributed by atoms with Crippen molar-refractivity contribution in [1.82, 2.24) is 9.88 Å². The summed E-state index contributed by atoms with van der Waals surface area (Å²) < 4.78 is 5.71. The minimum absolute atomic E-state index is 0.0308. The molecule has 1 saturated heterocycles. The smallest absolute Gasteiger partial charge is 0.270 e. The van der Waals surface area contributed by atoms with Crippen LogP contribution in [0.2, 0.25) is 0 Å². The van der Waals surface area contributed by atoms with Gasteiger partial charge in [-0.2, -0.15) is 0 Å². The predicted molar refractivity (Wildman–Crippen MR) is 84.0 cm³/mol. The average molecular weight is 317 g/mol. The number of non-ortho nitro benzene ring substituents is 1. The molecular weight excluding hydrogens is 298 g/mol. The van der Waals surface area contributed by atoms with Crippen LogP contribution in [0.1, 0.15) is 18.7 Å². The number of nitro groups is 1. The van der Waals surface area contributed by atoms with Gasteiger partial charge in [0, 0.05) is 36.7 Å². The molecule has 1 fully saturated rings. The Morgan fingerprint density at radius 1 is 1.48 bits per heavy atom. The highest BCUT2D eigenvalue weighted by Gasteiger charge is 2.23. The number of benzene rings is 1. The van der Waals surface area contributed by atoms with Crippen LogP contribution < -0.4 is 0 Å². The Morgan fingerprint density at radius 3 is 3.13 bits per heavy atom. The van der Waals surface area contributed by atoms with Crippen LogP contribution in [0.3, 0.4) is 0 Å². The maximum atomic E-state index is 10.8. The van der Waals surface area contributed by atoms with Gasteiger partial charge in [-0.3, -0.25) is 15.0 Å². The normalized spacial score (nSPS) is 18.4. The van der Waals surface area contributed by atoms with Gasteiger partial charge in [-0.15, -0.1) is 0 Å². The Labute approximate surface area is 133 Å². The van der Waals surface area contributed by atoms with E-state index >= 15 is 0 Å². The Kier molecular flexibility index (Phi) is 4.68. The highest BCUT2D eigenvalue weighted by Crippen LogP contribution is 2.25. The van der Waals surface area contributed by atoms with Crippen molar-refractivity contribution in [3.63, 3.8) is 0 Å². The van der Waals surface area contributed by atoms with Gasteiger partial charge < -0.3 is 9.52 Å². The number of likely N-dealkylation sites (tertiary alicyclic amines) is 1. The fraction of sp³-hybridized carbons (Fsp3) is 0.438. The summed E-state index contributed by atoms with van der Waals surface area (Å²) in [6.07, 6.45) is 4.39. The lowest BCUT2D eigenvalue weighted by molar-refractivity contribution is -0.384. The fourth-order valence-electron chi connectivity index (χ4n) is 2.97. The third-order valence-electron chi connectivity index (χ3n) is 4.22. The highest BCUT2D eigenvalue weighted by atomic mass is 16.6. The van der Waals surface area contributed by atoms with E-state index in [-0.39, 0.29) is 18.3 Å². The Hall–Kier alpha value is -2.25. The van der Waals surface area contributed by atoms with Gasteiger partial charge in [0.25, 0.3) is 5.69 Å². The summed E-state index contributed by atoms with van der Waals surface area (Å²) in [5, 5.41) is 20.2. The lowest BCUT2D eigenvalue weighted by atomic mass is 10.2. The van der Waals surface area contributed by atoms with Crippen molar-refractivity contribution in [2.75, 3.05) is 19.7 Å². The van der Waals surface area contributed by atoms with Crippen LogP contribution >= 0.6 is 0 Å². The Morgan fingerprint density at radius 2 is 2.35 bits per heavy atom. The quantitative estimate of drug-likeness (QED) is 0.649. The lowest BCUT2D eigenvalue weighted by Crippen LogP contribution is -2.33. The van der Waals surface area contributed by atoms with Crippen LogP contribution in [0, 0.1) is 10.1 Å². The minimum Gasteiger partial charge on any atom is -0.441 e. The molecule has 2 heterocycles. The zero-order valence-electron chi connectivity index (χ0n) is 12.7. The van der Waals surface area contributed by atoms with Crippen LogP contribution in [0.4, 0.5) is 5.69 Å². The van der Waals surface area contributed by atoms with Crippen molar-refractivity contribution in [1.29, 1.82) is 0 Å². The van der Waals surface area contributed by atoms with Crippen molar-refractivity contribution >= 4 is 5.69 Å². The van der Waals surface area contributed by atoms with Gasteiger partial charge >= 0.3 is 0 Å². The second kappa shape index (κ2) is 6.89. The summed E-state index contributed by atoms with van der Waals surface area (Å²) >= 11 is 0. The number of oxazole rings is 1. The van der Waals surface area contributed by atoms with Crippen molar-refractivity contribution in [2.24, 2.45) is 0 Å². The number of nitrogens with zero attached hydrogens (tertiary/aromatic N) is 3. The molecule has 1 atom stereocenters. The van der Waals surface area contributed by atoms with E-state index in [1.165, 1.54) is 12.1 Å². The van der Waals surface area contributed by atoms with Crippen LogP contribution in [-0.2, 0) is 6.42 Å². The molecule has 7 heteroatoms. The van der Waals surface area contributed by atoms with Gasteiger partial charge in [0.2, 0.25) is 0 Å². The van der Waals surface area contributed by atoms with E-state index in [4.69, 9.17) is 4.42 Å². The van der Waals surface area contributed by atoms with Crippen LogP contribution in [0.5, 0.6) is 0 Å². The van der Waals surface area contributed by atoms with Gasteiger partial charge in [0.1, 0.15) is 0 Å². The molecule has 0 amide bonds. The summed E-state index contributed by atoms with van der Waals surface area (Å²) in [5.74, 6) is 1.14. The molecular formula is C16H19N3O4. The van der Waals surface area contributed by atoms with Crippen LogP contribution in [0.15, 0.2) is 34.9 Å². The number of hydrogen-bond donors (Lipinski definition) is 1. The van der Waals surface area contributed by atoms with E-state index in [2.05, 4.69) is 9.88 Å². The van der Waals surface area contributed by atoms with Gasteiger partial charge in [0.15, 0.2) is 11.7 Å². The lowest BCUT2D eigenvalue weighted by Gasteiger charge is -2.21. The molecule has 0 aliphatic carbocycles. The third kappa shape index (κ3) is 3.57. The molecule has 1 aromatic heterocycles. The second-order valence-electron chi connectivity index (χ2n) is 5.69. The van der Waals surface area contributed by atoms with E-state index in [0.717, 1.165) is 25.9 Å². The molecule has 0 spiro atoms. The molecule has 1 N–H and O–H groups in total. The summed E-state index contributed by atoms with van der Waals surface area (Å²) in [6.45, 7) is 1.97. The first kappa shape index (κ1) is 15.6. The number of rotatable bonds is 6. The molecule has 23 heavy (non-hydrogen) atoms. The molecule has 7 nitrogen and oxygen atoms in total. The largest absolute Gasteiger partial charge is 0.441 e. The van der Waals surface area contributed by atoms with E-state index in [9.17, 15) is 15.2 Å². The molecule has 0 radical (unpaired) electrons. The monoisotopic (exact) mass is 317 g/mol. The van der Waals surface area contributed by atoms with Gasteiger partial charge in [0.05, 0.1) is 17.7 Å². The molecule has 122 valence electrons. The first-order chi connectivity index (χ1) is 11.2. The number of aliphatic hydroxyl groups is 1. The Bertz CT molecular complexity index is 685. The number of aliphatic hydroxyl groups excluding tert-OH is 1. The molecule has 0 unspecified atom stereocenters. The summed E-state index contributed by atoms with van der Waals surface area (Å²) in [6, 6.07) is 6.56. The number of hydrogen-bond acceptors (Lipinski definition) is 6. The maximum Gasteiger partial charge on any atom is 0.270 e. The topological polar surface area (TPSA) is 92.6 Å². The van der Waals surface area contributed by atoms with Gasteiger partial charge in [-0.1, -0.05) is 12.1 Å². The molecule has 1 aliphatic rings. The van der Waals surface area contributed by atoms with E-state index in [0.29, 0.717) is 23.6 Å². The summed E-state index contributed by atoms with van der Waals surface area (Å²) in [4.78, 5) is 16.9. The second-order valence-corrected chi connectivity index (χ2v) is 5.69. The van der Waals surface area contributed by atoms with Crippen molar-refractivity contribution in [3.05, 3.63) is 46.5 Å². The zero-order valence-corrected chi connectivity index (χ0v) is 12.7. The molecule has 2 aromatic rings. The number of nitro benzene ring substituents is 1. The molecule has 0 bridgehead atoms. The molecule has 1 aliphatic heterocycles. The predicted octanol–water partition coefficient (Wildman–Crippen LogP) is 2.25. The fourth-order valence-corrected chi connectivity index (χ4v) is 2.97. The van der Waals surface area contributed by atoms with Gasteiger partial charge in [-0.25, -0.2) is 4.98 Å². The van der Waals surface area contributed by atoms with Crippen LogP contribution in [-0.4, -0.2) is 45.7 Å². The Balaban J connectivity index is 1.66. The minimum atomic E-state index is -0.427. The summed E-state index contributed by atoms with van der Waals surface area (Å²) in [5.41, 5.74) is 0.677. The first-order valence-electron chi connectivity index (χ1n) is 7.72. The highest BCUT2D eigenvalue weighted by molar-refractivity contribution is 5.60. The average Bonchev–Trinajstić information content (AvgIpc) is 3.21. The maximum absolute atomic E-state index is 10.8. The van der Waals surface area contributed by atoms with Crippen molar-refractivity contribution in [3.8, 4) is 11.3 Å².